The van der Waals surface area contributed by atoms with Crippen LogP contribution in [0, 0.1) is 0 Å². The first kappa shape index (κ1) is 15.6. The van der Waals surface area contributed by atoms with Crippen molar-refractivity contribution in [2.45, 2.75) is 19.8 Å². The average molecular weight is 324 g/mol. The molecule has 0 amide bonds. The molecule has 0 bridgehead atoms. The Hall–Kier alpha value is -2.32. The Labute approximate surface area is 141 Å². The molecule has 2 nitrogen and oxygen atoms in total. The van der Waals surface area contributed by atoms with E-state index in [4.69, 9.17) is 11.6 Å². The molecule has 23 heavy (non-hydrogen) atoms. The number of aromatic amines is 1. The first-order valence-electron chi connectivity index (χ1n) is 7.63. The van der Waals surface area contributed by atoms with Crippen molar-refractivity contribution in [3.63, 3.8) is 0 Å². The van der Waals surface area contributed by atoms with Crippen molar-refractivity contribution in [2.75, 3.05) is 0 Å². The van der Waals surface area contributed by atoms with E-state index in [0.29, 0.717) is 22.1 Å². The molecule has 0 aliphatic carbocycles. The van der Waals surface area contributed by atoms with E-state index in [9.17, 15) is 4.79 Å². The number of nitrogens with one attached hydrogen (secondary N) is 1. The molecule has 0 radical (unpaired) electrons. The second-order valence-corrected chi connectivity index (χ2v) is 6.33. The lowest BCUT2D eigenvalue weighted by Crippen LogP contribution is -2.01. The minimum absolute atomic E-state index is 0.00847. The number of halogens is 1. The maximum atomic E-state index is 12.7. The lowest BCUT2D eigenvalue weighted by Gasteiger charge is -2.08. The number of H-pyrrole nitrogens is 1. The van der Waals surface area contributed by atoms with Crippen LogP contribution >= 0.6 is 11.6 Å². The molecule has 0 aliphatic heterocycles. The van der Waals surface area contributed by atoms with E-state index in [2.05, 4.69) is 43.1 Å². The SMILES string of the molecule is CC(C)c1ccc(-c2c[nH]cc2C(=O)c2ccc(Cl)cc2)cc1. The quantitative estimate of drug-likeness (QED) is 0.615. The van der Waals surface area contributed by atoms with Crippen molar-refractivity contribution in [3.05, 3.63) is 82.6 Å². The molecule has 3 heteroatoms. The second kappa shape index (κ2) is 6.43. The summed E-state index contributed by atoms with van der Waals surface area (Å²) < 4.78 is 0. The number of hydrogen-bond acceptors (Lipinski definition) is 1. The molecule has 0 saturated carbocycles. The third-order valence-electron chi connectivity index (χ3n) is 3.98. The van der Waals surface area contributed by atoms with Crippen molar-refractivity contribution < 1.29 is 4.79 Å². The van der Waals surface area contributed by atoms with Gasteiger partial charge in [0.15, 0.2) is 5.78 Å². The third kappa shape index (κ3) is 3.22. The highest BCUT2D eigenvalue weighted by Gasteiger charge is 2.16. The number of carbonyl (C=O) groups excluding carboxylic acids is 1. The molecule has 116 valence electrons. The maximum absolute atomic E-state index is 12.7. The monoisotopic (exact) mass is 323 g/mol. The van der Waals surface area contributed by atoms with Crippen LogP contribution in [0.15, 0.2) is 60.9 Å². The number of ketones is 1. The minimum atomic E-state index is -0.00847. The fourth-order valence-corrected chi connectivity index (χ4v) is 2.72. The predicted octanol–water partition coefficient (Wildman–Crippen LogP) is 5.69. The fourth-order valence-electron chi connectivity index (χ4n) is 2.59. The van der Waals surface area contributed by atoms with Crippen LogP contribution in [0.25, 0.3) is 11.1 Å². The van der Waals surface area contributed by atoms with Gasteiger partial charge < -0.3 is 4.98 Å². The second-order valence-electron chi connectivity index (χ2n) is 5.90. The van der Waals surface area contributed by atoms with Crippen LogP contribution in [0.5, 0.6) is 0 Å². The molecule has 0 saturated heterocycles. The molecule has 0 spiro atoms. The van der Waals surface area contributed by atoms with Gasteiger partial charge in [0.1, 0.15) is 0 Å². The van der Waals surface area contributed by atoms with Crippen molar-refractivity contribution in [1.29, 1.82) is 0 Å². The zero-order valence-corrected chi connectivity index (χ0v) is 13.9. The standard InChI is InChI=1S/C20H18ClNO/c1-13(2)14-3-5-15(6-4-14)18-11-22-12-19(18)20(23)16-7-9-17(21)10-8-16/h3-13,22H,1-2H3. The highest BCUT2D eigenvalue weighted by molar-refractivity contribution is 6.30. The van der Waals surface area contributed by atoms with Gasteiger partial charge in [-0.15, -0.1) is 0 Å². The van der Waals surface area contributed by atoms with Gasteiger partial charge in [-0.25, -0.2) is 0 Å². The summed E-state index contributed by atoms with van der Waals surface area (Å²) in [6, 6.07) is 15.3. The molecule has 1 heterocycles. The summed E-state index contributed by atoms with van der Waals surface area (Å²) in [4.78, 5) is 15.8. The van der Waals surface area contributed by atoms with E-state index in [-0.39, 0.29) is 5.78 Å². The maximum Gasteiger partial charge on any atom is 0.195 e. The molecule has 1 N–H and O–H groups in total. The van der Waals surface area contributed by atoms with Gasteiger partial charge in [-0.1, -0.05) is 49.7 Å². The van der Waals surface area contributed by atoms with Gasteiger partial charge in [0.25, 0.3) is 0 Å². The van der Waals surface area contributed by atoms with Gasteiger partial charge in [-0.3, -0.25) is 4.79 Å². The summed E-state index contributed by atoms with van der Waals surface area (Å²) in [7, 11) is 0. The highest BCUT2D eigenvalue weighted by Crippen LogP contribution is 2.27. The molecule has 0 fully saturated rings. The first-order chi connectivity index (χ1) is 11.1. The molecule has 2 aromatic carbocycles. The van der Waals surface area contributed by atoms with E-state index >= 15 is 0 Å². The summed E-state index contributed by atoms with van der Waals surface area (Å²) in [6.45, 7) is 4.33. The predicted molar refractivity (Wildman–Crippen MR) is 95.2 cm³/mol. The van der Waals surface area contributed by atoms with E-state index in [0.717, 1.165) is 11.1 Å². The van der Waals surface area contributed by atoms with Gasteiger partial charge in [0.05, 0.1) is 0 Å². The Morgan fingerprint density at radius 2 is 1.61 bits per heavy atom. The van der Waals surface area contributed by atoms with Crippen LogP contribution in [-0.2, 0) is 0 Å². The molecule has 3 aromatic rings. The largest absolute Gasteiger partial charge is 0.366 e. The van der Waals surface area contributed by atoms with Gasteiger partial charge >= 0.3 is 0 Å². The molecule has 1 aromatic heterocycles. The summed E-state index contributed by atoms with van der Waals surface area (Å²) in [5, 5.41) is 0.625. The van der Waals surface area contributed by atoms with E-state index in [1.165, 1.54) is 5.56 Å². The summed E-state index contributed by atoms with van der Waals surface area (Å²) in [6.07, 6.45) is 3.62. The molecule has 3 rings (SSSR count). The summed E-state index contributed by atoms with van der Waals surface area (Å²) in [5.74, 6) is 0.483. The van der Waals surface area contributed by atoms with Gasteiger partial charge in [-0.05, 0) is 41.3 Å². The Kier molecular flexibility index (Phi) is 4.35. The van der Waals surface area contributed by atoms with Gasteiger partial charge in [0, 0.05) is 34.1 Å². The van der Waals surface area contributed by atoms with Crippen LogP contribution in [0.2, 0.25) is 5.02 Å². The lowest BCUT2D eigenvalue weighted by molar-refractivity contribution is 0.103. The highest BCUT2D eigenvalue weighted by atomic mass is 35.5. The number of aromatic nitrogens is 1. The van der Waals surface area contributed by atoms with Crippen LogP contribution in [0.3, 0.4) is 0 Å². The van der Waals surface area contributed by atoms with Crippen molar-refractivity contribution >= 4 is 17.4 Å². The average Bonchev–Trinajstić information content (AvgIpc) is 3.04. The number of benzene rings is 2. The minimum Gasteiger partial charge on any atom is -0.366 e. The smallest absolute Gasteiger partial charge is 0.195 e. The summed E-state index contributed by atoms with van der Waals surface area (Å²) in [5.41, 5.74) is 4.54. The van der Waals surface area contributed by atoms with Crippen molar-refractivity contribution in [3.8, 4) is 11.1 Å². The van der Waals surface area contributed by atoms with Crippen molar-refractivity contribution in [2.24, 2.45) is 0 Å². The molecule has 0 unspecified atom stereocenters. The van der Waals surface area contributed by atoms with Crippen LogP contribution in [0.4, 0.5) is 0 Å². The van der Waals surface area contributed by atoms with E-state index < -0.39 is 0 Å². The normalized spacial score (nSPS) is 11.0. The molecular weight excluding hydrogens is 306 g/mol. The van der Waals surface area contributed by atoms with E-state index in [1.807, 2.05) is 6.20 Å². The van der Waals surface area contributed by atoms with Crippen molar-refractivity contribution in [1.82, 2.24) is 4.98 Å². The lowest BCUT2D eigenvalue weighted by atomic mass is 9.95. The van der Waals surface area contributed by atoms with Crippen LogP contribution < -0.4 is 0 Å². The van der Waals surface area contributed by atoms with Gasteiger partial charge in [0.2, 0.25) is 0 Å². The van der Waals surface area contributed by atoms with Crippen LogP contribution in [-0.4, -0.2) is 10.8 Å². The molecule has 0 atom stereocenters. The number of carbonyl (C=O) groups is 1. The molecule has 0 aliphatic rings. The summed E-state index contributed by atoms with van der Waals surface area (Å²) >= 11 is 5.89. The third-order valence-corrected chi connectivity index (χ3v) is 4.24. The Morgan fingerprint density at radius 1 is 0.957 bits per heavy atom. The Morgan fingerprint density at radius 3 is 2.22 bits per heavy atom. The number of hydrogen-bond donors (Lipinski definition) is 1. The van der Waals surface area contributed by atoms with Crippen LogP contribution in [0.1, 0.15) is 41.3 Å². The zero-order valence-electron chi connectivity index (χ0n) is 13.1. The number of rotatable bonds is 4. The zero-order chi connectivity index (χ0) is 16.4. The Bertz CT molecular complexity index is 814. The fraction of sp³-hybridized carbons (Fsp3) is 0.150. The van der Waals surface area contributed by atoms with Gasteiger partial charge in [-0.2, -0.15) is 0 Å². The van der Waals surface area contributed by atoms with E-state index in [1.54, 1.807) is 30.5 Å². The molecular formula is C20H18ClNO. The first-order valence-corrected chi connectivity index (χ1v) is 8.01. The Balaban J connectivity index is 1.95. The topological polar surface area (TPSA) is 32.9 Å².